The van der Waals surface area contributed by atoms with E-state index in [2.05, 4.69) is 5.32 Å². The summed E-state index contributed by atoms with van der Waals surface area (Å²) in [6.07, 6.45) is 0. The minimum atomic E-state index is -1.05. The molecule has 0 aliphatic carbocycles. The number of hydrogen-bond acceptors (Lipinski definition) is 2. The number of benzene rings is 1. The van der Waals surface area contributed by atoms with Crippen molar-refractivity contribution in [3.63, 3.8) is 0 Å². The highest BCUT2D eigenvalue weighted by Crippen LogP contribution is 2.22. The van der Waals surface area contributed by atoms with E-state index in [1.165, 1.54) is 11.0 Å². The molecule has 0 radical (unpaired) electrons. The van der Waals surface area contributed by atoms with Crippen molar-refractivity contribution < 1.29 is 19.1 Å². The number of carboxylic acids is 1. The molecule has 0 saturated carbocycles. The zero-order valence-electron chi connectivity index (χ0n) is 9.81. The molecule has 18 heavy (non-hydrogen) atoms. The lowest BCUT2D eigenvalue weighted by Gasteiger charge is -2.12. The van der Waals surface area contributed by atoms with E-state index >= 15 is 0 Å². The van der Waals surface area contributed by atoms with Crippen molar-refractivity contribution in [2.45, 2.75) is 13.0 Å². The topological polar surface area (TPSA) is 69.6 Å². The van der Waals surface area contributed by atoms with Crippen LogP contribution in [0, 0.1) is 12.7 Å². The van der Waals surface area contributed by atoms with Gasteiger partial charge in [0.25, 0.3) is 0 Å². The second-order valence-electron chi connectivity index (χ2n) is 4.28. The first-order chi connectivity index (χ1) is 8.47. The number of aryl methyl sites for hydroxylation is 1. The summed E-state index contributed by atoms with van der Waals surface area (Å²) in [6.45, 7) is 1.59. The number of carbonyl (C=O) groups excluding carboxylic acids is 1. The van der Waals surface area contributed by atoms with E-state index in [9.17, 15) is 14.0 Å². The molecule has 1 unspecified atom stereocenters. The van der Waals surface area contributed by atoms with E-state index < -0.39 is 12.0 Å². The average Bonchev–Trinajstić information content (AvgIpc) is 2.63. The maximum absolute atomic E-state index is 13.1. The van der Waals surface area contributed by atoms with E-state index in [0.29, 0.717) is 5.56 Å². The smallest absolute Gasteiger partial charge is 0.323 e. The van der Waals surface area contributed by atoms with Gasteiger partial charge in [0.05, 0.1) is 6.04 Å². The molecule has 1 saturated heterocycles. The predicted molar refractivity (Wildman–Crippen MR) is 61.6 cm³/mol. The Kier molecular flexibility index (Phi) is 3.18. The van der Waals surface area contributed by atoms with Gasteiger partial charge in [0, 0.05) is 6.54 Å². The van der Waals surface area contributed by atoms with Gasteiger partial charge in [-0.05, 0) is 24.1 Å². The zero-order chi connectivity index (χ0) is 13.3. The molecule has 96 valence electrons. The third kappa shape index (κ3) is 2.42. The number of halogens is 1. The minimum Gasteiger partial charge on any atom is -0.480 e. The van der Waals surface area contributed by atoms with Gasteiger partial charge in [0.1, 0.15) is 12.4 Å². The number of nitrogens with zero attached hydrogens (tertiary/aromatic N) is 1. The molecule has 1 fully saturated rings. The van der Waals surface area contributed by atoms with Crippen LogP contribution in [0.15, 0.2) is 18.2 Å². The van der Waals surface area contributed by atoms with Crippen molar-refractivity contribution in [3.05, 3.63) is 35.1 Å². The molecular weight excluding hydrogens is 239 g/mol. The maximum Gasteiger partial charge on any atom is 0.323 e. The summed E-state index contributed by atoms with van der Waals surface area (Å²) in [7, 11) is 0. The van der Waals surface area contributed by atoms with Crippen LogP contribution in [0.3, 0.4) is 0 Å². The number of amides is 2. The van der Waals surface area contributed by atoms with E-state index in [-0.39, 0.29) is 24.9 Å². The molecule has 1 aromatic rings. The van der Waals surface area contributed by atoms with Crippen LogP contribution < -0.4 is 5.32 Å². The first-order valence-electron chi connectivity index (χ1n) is 5.50. The lowest BCUT2D eigenvalue weighted by atomic mass is 10.0. The summed E-state index contributed by atoms with van der Waals surface area (Å²) in [5.41, 5.74) is 1.27. The lowest BCUT2D eigenvalue weighted by Crippen LogP contribution is -2.32. The third-order valence-corrected chi connectivity index (χ3v) is 2.90. The van der Waals surface area contributed by atoms with Crippen molar-refractivity contribution in [1.29, 1.82) is 0 Å². The molecule has 0 spiro atoms. The Morgan fingerprint density at radius 1 is 1.61 bits per heavy atom. The number of carboxylic acid groups (broad SMARTS) is 1. The van der Waals surface area contributed by atoms with Gasteiger partial charge in [-0.1, -0.05) is 12.1 Å². The molecule has 6 heteroatoms. The Morgan fingerprint density at radius 2 is 2.33 bits per heavy atom. The van der Waals surface area contributed by atoms with Gasteiger partial charge in [-0.25, -0.2) is 9.18 Å². The number of hydrogen-bond donors (Lipinski definition) is 2. The van der Waals surface area contributed by atoms with E-state index in [4.69, 9.17) is 5.11 Å². The van der Waals surface area contributed by atoms with Gasteiger partial charge in [0.2, 0.25) is 0 Å². The molecule has 1 heterocycles. The second kappa shape index (κ2) is 4.64. The molecule has 1 aromatic carbocycles. The molecule has 2 amide bonds. The lowest BCUT2D eigenvalue weighted by molar-refractivity contribution is -0.137. The van der Waals surface area contributed by atoms with Gasteiger partial charge in [0.15, 0.2) is 0 Å². The zero-order valence-corrected chi connectivity index (χ0v) is 9.81. The molecule has 1 aliphatic rings. The molecular formula is C12H13FN2O3. The van der Waals surface area contributed by atoms with Crippen LogP contribution in [0.2, 0.25) is 0 Å². The van der Waals surface area contributed by atoms with Crippen molar-refractivity contribution in [2.75, 3.05) is 13.1 Å². The fourth-order valence-corrected chi connectivity index (χ4v) is 1.96. The number of nitrogens with one attached hydrogen (secondary N) is 1. The highest BCUT2D eigenvalue weighted by Gasteiger charge is 2.30. The summed E-state index contributed by atoms with van der Waals surface area (Å²) in [4.78, 5) is 23.3. The molecule has 2 N–H and O–H groups in total. The quantitative estimate of drug-likeness (QED) is 0.851. The van der Waals surface area contributed by atoms with Gasteiger partial charge in [-0.3, -0.25) is 4.79 Å². The van der Waals surface area contributed by atoms with E-state index in [1.54, 1.807) is 19.1 Å². The Labute approximate surface area is 103 Å². The summed E-state index contributed by atoms with van der Waals surface area (Å²) in [6, 6.07) is 3.89. The Bertz CT molecular complexity index is 504. The Morgan fingerprint density at radius 3 is 2.94 bits per heavy atom. The van der Waals surface area contributed by atoms with Gasteiger partial charge in [-0.2, -0.15) is 0 Å². The number of rotatable bonds is 3. The first kappa shape index (κ1) is 12.3. The molecule has 2 rings (SSSR count). The van der Waals surface area contributed by atoms with Crippen molar-refractivity contribution in [3.8, 4) is 0 Å². The standard InChI is InChI=1S/C12H13FN2O3/c1-7-4-8(2-3-9(7)13)10-5-15(6-11(16)17)12(18)14-10/h2-4,10H,5-6H2,1H3,(H,14,18)(H,16,17). The van der Waals surface area contributed by atoms with Crippen LogP contribution >= 0.6 is 0 Å². The first-order valence-corrected chi connectivity index (χ1v) is 5.50. The number of carbonyl (C=O) groups is 2. The van der Waals surface area contributed by atoms with Crippen molar-refractivity contribution >= 4 is 12.0 Å². The summed E-state index contributed by atoms with van der Waals surface area (Å²) < 4.78 is 13.1. The summed E-state index contributed by atoms with van der Waals surface area (Å²) in [5, 5.41) is 11.3. The van der Waals surface area contributed by atoms with Gasteiger partial charge in [-0.15, -0.1) is 0 Å². The highest BCUT2D eigenvalue weighted by molar-refractivity contribution is 5.82. The number of aliphatic carboxylic acids is 1. The predicted octanol–water partition coefficient (Wildman–Crippen LogP) is 1.29. The van der Waals surface area contributed by atoms with E-state index in [0.717, 1.165) is 5.56 Å². The molecule has 5 nitrogen and oxygen atoms in total. The fraction of sp³-hybridized carbons (Fsp3) is 0.333. The maximum atomic E-state index is 13.1. The molecule has 0 aromatic heterocycles. The Hall–Kier alpha value is -2.11. The third-order valence-electron chi connectivity index (χ3n) is 2.90. The van der Waals surface area contributed by atoms with Crippen LogP contribution in [0.4, 0.5) is 9.18 Å². The summed E-state index contributed by atoms with van der Waals surface area (Å²) in [5.74, 6) is -1.36. The second-order valence-corrected chi connectivity index (χ2v) is 4.28. The highest BCUT2D eigenvalue weighted by atomic mass is 19.1. The SMILES string of the molecule is Cc1cc(C2CN(CC(=O)O)C(=O)N2)ccc1F. The fourth-order valence-electron chi connectivity index (χ4n) is 1.96. The summed E-state index contributed by atoms with van der Waals surface area (Å²) >= 11 is 0. The van der Waals surface area contributed by atoms with Crippen LogP contribution in [-0.4, -0.2) is 35.1 Å². The van der Waals surface area contributed by atoms with Crippen LogP contribution in [0.5, 0.6) is 0 Å². The molecule has 1 aliphatic heterocycles. The van der Waals surface area contributed by atoms with Crippen LogP contribution in [0.1, 0.15) is 17.2 Å². The van der Waals surface area contributed by atoms with Crippen molar-refractivity contribution in [2.24, 2.45) is 0 Å². The van der Waals surface area contributed by atoms with Crippen LogP contribution in [-0.2, 0) is 4.79 Å². The monoisotopic (exact) mass is 252 g/mol. The average molecular weight is 252 g/mol. The largest absolute Gasteiger partial charge is 0.480 e. The number of urea groups is 1. The Balaban J connectivity index is 2.14. The van der Waals surface area contributed by atoms with Crippen LogP contribution in [0.25, 0.3) is 0 Å². The molecule has 1 atom stereocenters. The van der Waals surface area contributed by atoms with Crippen molar-refractivity contribution in [1.82, 2.24) is 10.2 Å². The normalized spacial score (nSPS) is 18.9. The van der Waals surface area contributed by atoms with Gasteiger partial charge >= 0.3 is 12.0 Å². The minimum absolute atomic E-state index is 0.274. The molecule has 0 bridgehead atoms. The van der Waals surface area contributed by atoms with E-state index in [1.807, 2.05) is 0 Å². The van der Waals surface area contributed by atoms with Gasteiger partial charge < -0.3 is 15.3 Å².